The molecule has 8 aromatic rings. The Kier molecular flexibility index (Phi) is 14.2. The van der Waals surface area contributed by atoms with Crippen LogP contribution < -0.4 is 9.80 Å². The molecule has 0 aromatic heterocycles. The SMILES string of the molecule is CCCCCCCCC1(CCCCCCCC)c2cc(N(c3ccccc3)c3ccccc3-c3ccc4c(c3)C3CCC4O3)ccc2-c2ccc(N(c3ccccc3)c3ccccc3-c3ccc4c(c3)C3CCC4O3)cc21. The molecular formula is C73H76N2O2. The van der Waals surface area contributed by atoms with Gasteiger partial charge in [0.1, 0.15) is 0 Å². The van der Waals surface area contributed by atoms with Gasteiger partial charge in [-0.15, -0.1) is 0 Å². The molecule has 8 aromatic carbocycles. The quantitative estimate of drug-likeness (QED) is 0.0632. The lowest BCUT2D eigenvalue weighted by atomic mass is 9.70. The van der Waals surface area contributed by atoms with Gasteiger partial charge >= 0.3 is 0 Å². The molecule has 5 aliphatic rings. The van der Waals surface area contributed by atoms with Crippen molar-refractivity contribution in [2.24, 2.45) is 0 Å². The van der Waals surface area contributed by atoms with E-state index in [1.54, 1.807) is 0 Å². The van der Waals surface area contributed by atoms with Crippen LogP contribution in [0.1, 0.15) is 187 Å². The predicted octanol–water partition coefficient (Wildman–Crippen LogP) is 21.5. The summed E-state index contributed by atoms with van der Waals surface area (Å²) in [4.78, 5) is 5.09. The van der Waals surface area contributed by atoms with E-state index in [0.29, 0.717) is 0 Å². The second-order valence-electron chi connectivity index (χ2n) is 23.0. The van der Waals surface area contributed by atoms with Crippen LogP contribution in [0.3, 0.4) is 0 Å². The lowest BCUT2D eigenvalue weighted by Crippen LogP contribution is -2.26. The van der Waals surface area contributed by atoms with E-state index in [4.69, 9.17) is 9.47 Å². The fourth-order valence-corrected chi connectivity index (χ4v) is 14.5. The van der Waals surface area contributed by atoms with Gasteiger partial charge in [0.2, 0.25) is 0 Å². The van der Waals surface area contributed by atoms with E-state index in [1.165, 1.54) is 178 Å². The molecule has 4 nitrogen and oxygen atoms in total. The van der Waals surface area contributed by atoms with Crippen LogP contribution >= 0.6 is 0 Å². The molecule has 2 fully saturated rings. The molecule has 0 radical (unpaired) electrons. The van der Waals surface area contributed by atoms with Crippen molar-refractivity contribution in [2.75, 3.05) is 9.80 Å². The third-order valence-corrected chi connectivity index (χ3v) is 18.3. The maximum atomic E-state index is 6.44. The molecule has 4 bridgehead atoms. The Labute approximate surface area is 459 Å². The van der Waals surface area contributed by atoms with E-state index >= 15 is 0 Å². The third-order valence-electron chi connectivity index (χ3n) is 18.3. The minimum absolute atomic E-state index is 0.172. The van der Waals surface area contributed by atoms with Crippen molar-refractivity contribution in [1.82, 2.24) is 0 Å². The standard InChI is InChI=1S/C73H76N2O2/c1-3-5-7-9-11-23-45-73(46-24-12-10-8-6-4-2)65-49-55(74(53-25-15-13-16-26-53)67-31-21-19-29-57(67)51-33-37-61-63(47-51)71-43-41-69(61)76-71)35-39-59(65)60-40-36-56(50-66(60)73)75(54-27-17-14-18-28-54)68-32-22-20-30-58(68)52-34-38-62-64(48-52)72-44-42-70(62)77-72/h13-22,25-40,47-50,69-72H,3-12,23-24,41-46H2,1-2H3. The lowest BCUT2D eigenvalue weighted by molar-refractivity contribution is 0.0715. The van der Waals surface area contributed by atoms with Crippen molar-refractivity contribution in [3.8, 4) is 33.4 Å². The summed E-state index contributed by atoms with van der Waals surface area (Å²) in [5.74, 6) is 0. The summed E-state index contributed by atoms with van der Waals surface area (Å²) in [6.45, 7) is 4.67. The van der Waals surface area contributed by atoms with Gasteiger partial charge < -0.3 is 19.3 Å². The van der Waals surface area contributed by atoms with Crippen molar-refractivity contribution in [2.45, 2.75) is 159 Å². The topological polar surface area (TPSA) is 24.9 Å². The third kappa shape index (κ3) is 9.34. The summed E-state index contributed by atoms with van der Waals surface area (Å²) in [6, 6.07) is 69.7. The maximum Gasteiger partial charge on any atom is 0.0838 e. The van der Waals surface area contributed by atoms with E-state index in [-0.39, 0.29) is 29.8 Å². The number of para-hydroxylation sites is 4. The normalized spacial score (nSPS) is 18.8. The first-order valence-electron chi connectivity index (χ1n) is 29.9. The summed E-state index contributed by atoms with van der Waals surface area (Å²) in [6.07, 6.45) is 23.0. The van der Waals surface area contributed by atoms with Crippen molar-refractivity contribution >= 4 is 34.1 Å². The zero-order valence-corrected chi connectivity index (χ0v) is 45.6. The highest BCUT2D eigenvalue weighted by molar-refractivity contribution is 5.93. The van der Waals surface area contributed by atoms with Gasteiger partial charge in [-0.3, -0.25) is 0 Å². The van der Waals surface area contributed by atoms with Crippen molar-refractivity contribution in [3.05, 3.63) is 215 Å². The van der Waals surface area contributed by atoms with Crippen LogP contribution in [0.5, 0.6) is 0 Å². The fourth-order valence-electron chi connectivity index (χ4n) is 14.5. The Balaban J connectivity index is 0.958. The Morgan fingerprint density at radius 1 is 0.351 bits per heavy atom. The number of hydrogen-bond acceptors (Lipinski definition) is 4. The molecule has 4 atom stereocenters. The van der Waals surface area contributed by atoms with Crippen LogP contribution in [0, 0.1) is 0 Å². The number of hydrogen-bond donors (Lipinski definition) is 0. The molecule has 4 heteroatoms. The molecule has 4 aliphatic heterocycles. The number of benzene rings is 8. The molecule has 0 spiro atoms. The molecule has 0 N–H and O–H groups in total. The zero-order valence-electron chi connectivity index (χ0n) is 45.6. The van der Waals surface area contributed by atoms with Gasteiger partial charge in [0, 0.05) is 39.3 Å². The number of rotatable bonds is 22. The largest absolute Gasteiger partial charge is 0.366 e. The monoisotopic (exact) mass is 1010 g/mol. The van der Waals surface area contributed by atoms with Crippen LogP contribution in [0.2, 0.25) is 0 Å². The number of unbranched alkanes of at least 4 members (excludes halogenated alkanes) is 10. The molecule has 0 amide bonds. The molecule has 2 saturated heterocycles. The number of nitrogens with zero attached hydrogens (tertiary/aromatic N) is 2. The summed E-state index contributed by atoms with van der Waals surface area (Å²) >= 11 is 0. The Morgan fingerprint density at radius 3 is 1.18 bits per heavy atom. The van der Waals surface area contributed by atoms with Gasteiger partial charge in [0.15, 0.2) is 0 Å². The molecule has 1 aliphatic carbocycles. The summed E-state index contributed by atoms with van der Waals surface area (Å²) in [5.41, 5.74) is 23.2. The van der Waals surface area contributed by atoms with Gasteiger partial charge in [-0.2, -0.15) is 0 Å². The Morgan fingerprint density at radius 2 is 0.740 bits per heavy atom. The van der Waals surface area contributed by atoms with Crippen LogP contribution in [0.25, 0.3) is 33.4 Å². The molecular weight excluding hydrogens is 937 g/mol. The number of anilines is 6. The molecule has 77 heavy (non-hydrogen) atoms. The lowest BCUT2D eigenvalue weighted by Gasteiger charge is -2.35. The fraction of sp³-hybridized carbons (Fsp3) is 0.342. The number of fused-ring (bicyclic) bond motifs is 13. The molecule has 13 rings (SSSR count). The first kappa shape index (κ1) is 49.8. The van der Waals surface area contributed by atoms with E-state index in [9.17, 15) is 0 Å². The van der Waals surface area contributed by atoms with Crippen molar-refractivity contribution in [1.29, 1.82) is 0 Å². The van der Waals surface area contributed by atoms with Gasteiger partial charge in [0.25, 0.3) is 0 Å². The molecule has 4 unspecified atom stereocenters. The summed E-state index contributed by atoms with van der Waals surface area (Å²) in [5, 5.41) is 0. The van der Waals surface area contributed by atoms with E-state index in [0.717, 1.165) is 38.5 Å². The van der Waals surface area contributed by atoms with E-state index in [1.807, 2.05) is 0 Å². The van der Waals surface area contributed by atoms with Crippen LogP contribution in [-0.4, -0.2) is 0 Å². The minimum atomic E-state index is -0.172. The number of ether oxygens (including phenoxy) is 2. The predicted molar refractivity (Wildman–Crippen MR) is 320 cm³/mol. The van der Waals surface area contributed by atoms with Gasteiger partial charge in [-0.25, -0.2) is 0 Å². The van der Waals surface area contributed by atoms with Crippen LogP contribution in [0.4, 0.5) is 34.1 Å². The maximum absolute atomic E-state index is 6.44. The first-order chi connectivity index (χ1) is 38.1. The van der Waals surface area contributed by atoms with E-state index < -0.39 is 0 Å². The Hall–Kier alpha value is -6.72. The molecule has 4 heterocycles. The van der Waals surface area contributed by atoms with Gasteiger partial charge in [-0.1, -0.05) is 200 Å². The van der Waals surface area contributed by atoms with Crippen molar-refractivity contribution < 1.29 is 9.47 Å². The van der Waals surface area contributed by atoms with Gasteiger partial charge in [-0.05, 0) is 167 Å². The summed E-state index contributed by atoms with van der Waals surface area (Å²) in [7, 11) is 0. The highest BCUT2D eigenvalue weighted by Gasteiger charge is 2.44. The average Bonchev–Trinajstić information content (AvgIpc) is 4.51. The van der Waals surface area contributed by atoms with Crippen LogP contribution in [-0.2, 0) is 14.9 Å². The van der Waals surface area contributed by atoms with Gasteiger partial charge in [0.05, 0.1) is 35.8 Å². The molecule has 390 valence electrons. The zero-order chi connectivity index (χ0) is 51.7. The highest BCUT2D eigenvalue weighted by atomic mass is 16.5. The minimum Gasteiger partial charge on any atom is -0.366 e. The van der Waals surface area contributed by atoms with Crippen molar-refractivity contribution in [3.63, 3.8) is 0 Å². The second-order valence-corrected chi connectivity index (χ2v) is 23.0. The summed E-state index contributed by atoms with van der Waals surface area (Å²) < 4.78 is 12.9. The molecule has 0 saturated carbocycles. The average molecular weight is 1010 g/mol. The second kappa shape index (κ2) is 22.0. The Bertz CT molecular complexity index is 3140. The van der Waals surface area contributed by atoms with E-state index in [2.05, 4.69) is 206 Å². The first-order valence-corrected chi connectivity index (χ1v) is 29.9. The highest BCUT2D eigenvalue weighted by Crippen LogP contribution is 2.59. The van der Waals surface area contributed by atoms with Crippen LogP contribution in [0.15, 0.2) is 182 Å². The smallest absolute Gasteiger partial charge is 0.0838 e.